The number of fused-ring (bicyclic) bond motifs is 1. The average Bonchev–Trinajstić information content (AvgIpc) is 2.59. The minimum atomic E-state index is 0.195. The van der Waals surface area contributed by atoms with Crippen LogP contribution in [0.15, 0.2) is 6.20 Å². The number of aryl methyl sites for hydroxylation is 1. The third-order valence-corrected chi connectivity index (χ3v) is 4.17. The van der Waals surface area contributed by atoms with Crippen LogP contribution < -0.4 is 5.32 Å². The summed E-state index contributed by atoms with van der Waals surface area (Å²) in [6, 6.07) is 0.195. The molecule has 1 heterocycles. The van der Waals surface area contributed by atoms with Gasteiger partial charge in [-0.3, -0.25) is 9.48 Å². The summed E-state index contributed by atoms with van der Waals surface area (Å²) in [5.41, 5.74) is 2.52. The Bertz CT molecular complexity index is 434. The molecule has 0 aliphatic heterocycles. The molecular weight excluding hydrogens is 214 g/mol. The maximum absolute atomic E-state index is 12.0. The number of amides is 1. The van der Waals surface area contributed by atoms with Crippen molar-refractivity contribution < 1.29 is 4.79 Å². The maximum atomic E-state index is 12.0. The van der Waals surface area contributed by atoms with Crippen molar-refractivity contribution in [1.29, 1.82) is 0 Å². The first-order chi connectivity index (χ1) is 8.25. The van der Waals surface area contributed by atoms with Gasteiger partial charge in [-0.05, 0) is 32.1 Å². The number of rotatable bonds is 2. The first-order valence-electron chi connectivity index (χ1n) is 6.57. The Hall–Kier alpha value is -1.32. The molecule has 4 nitrogen and oxygen atoms in total. The highest BCUT2D eigenvalue weighted by Crippen LogP contribution is 2.31. The van der Waals surface area contributed by atoms with Crippen LogP contribution in [-0.2, 0) is 18.3 Å². The fraction of sp³-hybridized carbons (Fsp3) is 0.692. The number of hydrogen-bond donors (Lipinski definition) is 1. The molecule has 1 saturated carbocycles. The van der Waals surface area contributed by atoms with Crippen LogP contribution in [0.1, 0.15) is 49.4 Å². The summed E-state index contributed by atoms with van der Waals surface area (Å²) in [6.45, 7) is 0. The molecule has 92 valence electrons. The molecule has 2 aliphatic carbocycles. The zero-order valence-corrected chi connectivity index (χ0v) is 10.3. The minimum Gasteiger partial charge on any atom is -0.349 e. The third-order valence-electron chi connectivity index (χ3n) is 4.17. The van der Waals surface area contributed by atoms with E-state index < -0.39 is 0 Å². The van der Waals surface area contributed by atoms with Crippen LogP contribution in [0, 0.1) is 5.92 Å². The number of nitrogens with zero attached hydrogens (tertiary/aromatic N) is 2. The zero-order chi connectivity index (χ0) is 11.8. The monoisotopic (exact) mass is 233 g/mol. The van der Waals surface area contributed by atoms with E-state index in [1.165, 1.54) is 17.7 Å². The fourth-order valence-corrected chi connectivity index (χ4v) is 2.82. The molecule has 1 atom stereocenters. The van der Waals surface area contributed by atoms with Crippen molar-refractivity contribution >= 4 is 5.91 Å². The summed E-state index contributed by atoms with van der Waals surface area (Å²) in [6.07, 6.45) is 8.54. The van der Waals surface area contributed by atoms with Crippen molar-refractivity contribution in [2.45, 2.75) is 44.6 Å². The van der Waals surface area contributed by atoms with Crippen LogP contribution in [0.5, 0.6) is 0 Å². The van der Waals surface area contributed by atoms with Crippen LogP contribution in [-0.4, -0.2) is 15.7 Å². The van der Waals surface area contributed by atoms with Crippen molar-refractivity contribution in [1.82, 2.24) is 15.1 Å². The highest BCUT2D eigenvalue weighted by Gasteiger charge is 2.30. The second-order valence-electron chi connectivity index (χ2n) is 5.25. The molecule has 3 rings (SSSR count). The summed E-state index contributed by atoms with van der Waals surface area (Å²) in [7, 11) is 1.98. The van der Waals surface area contributed by atoms with Crippen molar-refractivity contribution in [2.24, 2.45) is 13.0 Å². The van der Waals surface area contributed by atoms with Crippen LogP contribution in [0.4, 0.5) is 0 Å². The Labute approximate surface area is 101 Å². The second-order valence-corrected chi connectivity index (χ2v) is 5.25. The lowest BCUT2D eigenvalue weighted by Gasteiger charge is -2.29. The van der Waals surface area contributed by atoms with E-state index in [2.05, 4.69) is 10.4 Å². The number of carbonyl (C=O) groups excluding carboxylic acids is 1. The Morgan fingerprint density at radius 3 is 2.94 bits per heavy atom. The molecular formula is C13H19N3O. The predicted octanol–water partition coefficient (Wildman–Crippen LogP) is 1.71. The molecule has 4 heteroatoms. The molecule has 1 fully saturated rings. The first-order valence-corrected chi connectivity index (χ1v) is 6.57. The Morgan fingerprint density at radius 1 is 1.41 bits per heavy atom. The van der Waals surface area contributed by atoms with E-state index in [0.717, 1.165) is 32.1 Å². The summed E-state index contributed by atoms with van der Waals surface area (Å²) in [5, 5.41) is 7.50. The highest BCUT2D eigenvalue weighted by molar-refractivity contribution is 5.79. The van der Waals surface area contributed by atoms with Crippen molar-refractivity contribution in [3.63, 3.8) is 0 Å². The SMILES string of the molecule is Cn1ncc2c1CCC[C@H]2NC(=O)C1CCC1. The number of nitrogens with one attached hydrogen (secondary N) is 1. The number of hydrogen-bond acceptors (Lipinski definition) is 2. The fourth-order valence-electron chi connectivity index (χ4n) is 2.82. The van der Waals surface area contributed by atoms with E-state index in [0.29, 0.717) is 0 Å². The van der Waals surface area contributed by atoms with Crippen molar-refractivity contribution in [3.8, 4) is 0 Å². The smallest absolute Gasteiger partial charge is 0.223 e. The second kappa shape index (κ2) is 4.17. The van der Waals surface area contributed by atoms with E-state index in [4.69, 9.17) is 0 Å². The van der Waals surface area contributed by atoms with Gasteiger partial charge in [0.25, 0.3) is 0 Å². The van der Waals surface area contributed by atoms with Gasteiger partial charge in [-0.25, -0.2) is 0 Å². The van der Waals surface area contributed by atoms with Gasteiger partial charge in [0.2, 0.25) is 5.91 Å². The molecule has 1 aromatic heterocycles. The summed E-state index contributed by atoms with van der Waals surface area (Å²) in [4.78, 5) is 12.0. The predicted molar refractivity (Wildman–Crippen MR) is 64.4 cm³/mol. The van der Waals surface area contributed by atoms with Gasteiger partial charge in [0.05, 0.1) is 12.2 Å². The van der Waals surface area contributed by atoms with Gasteiger partial charge >= 0.3 is 0 Å². The maximum Gasteiger partial charge on any atom is 0.223 e. The third kappa shape index (κ3) is 1.85. The molecule has 0 bridgehead atoms. The Balaban J connectivity index is 1.74. The minimum absolute atomic E-state index is 0.195. The molecule has 2 aliphatic rings. The normalized spacial score (nSPS) is 23.9. The van der Waals surface area contributed by atoms with Crippen molar-refractivity contribution in [2.75, 3.05) is 0 Å². The van der Waals surface area contributed by atoms with Crippen molar-refractivity contribution in [3.05, 3.63) is 17.5 Å². The molecule has 17 heavy (non-hydrogen) atoms. The highest BCUT2D eigenvalue weighted by atomic mass is 16.2. The lowest BCUT2D eigenvalue weighted by molar-refractivity contribution is -0.128. The lowest BCUT2D eigenvalue weighted by atomic mass is 9.84. The molecule has 1 N–H and O–H groups in total. The van der Waals surface area contributed by atoms with Gasteiger partial charge < -0.3 is 5.32 Å². The lowest BCUT2D eigenvalue weighted by Crippen LogP contribution is -2.38. The zero-order valence-electron chi connectivity index (χ0n) is 10.3. The average molecular weight is 233 g/mol. The molecule has 0 aromatic carbocycles. The summed E-state index contributed by atoms with van der Waals surface area (Å²) >= 11 is 0. The molecule has 0 radical (unpaired) electrons. The largest absolute Gasteiger partial charge is 0.349 e. The van der Waals surface area contributed by atoms with E-state index >= 15 is 0 Å². The van der Waals surface area contributed by atoms with Crippen LogP contribution in [0.3, 0.4) is 0 Å². The van der Waals surface area contributed by atoms with Gasteiger partial charge in [0.1, 0.15) is 0 Å². The topological polar surface area (TPSA) is 46.9 Å². The van der Waals surface area contributed by atoms with Crippen LogP contribution in [0.2, 0.25) is 0 Å². The first kappa shape index (κ1) is 10.8. The molecule has 0 unspecified atom stereocenters. The Morgan fingerprint density at radius 2 is 2.24 bits per heavy atom. The van der Waals surface area contributed by atoms with E-state index in [1.807, 2.05) is 17.9 Å². The van der Waals surface area contributed by atoms with E-state index in [9.17, 15) is 4.79 Å². The quantitative estimate of drug-likeness (QED) is 0.845. The number of aromatic nitrogens is 2. The molecule has 1 aromatic rings. The molecule has 0 spiro atoms. The van der Waals surface area contributed by atoms with E-state index in [-0.39, 0.29) is 17.9 Å². The van der Waals surface area contributed by atoms with Gasteiger partial charge in [-0.2, -0.15) is 5.10 Å². The van der Waals surface area contributed by atoms with Crippen LogP contribution >= 0.6 is 0 Å². The standard InChI is InChI=1S/C13H19N3O/c1-16-12-7-3-6-11(10(12)8-14-16)15-13(17)9-4-2-5-9/h8-9,11H,2-7H2,1H3,(H,15,17)/t11-/m1/s1. The van der Waals surface area contributed by atoms with Gasteiger partial charge in [0, 0.05) is 24.2 Å². The van der Waals surface area contributed by atoms with Gasteiger partial charge in [-0.1, -0.05) is 6.42 Å². The molecule has 1 amide bonds. The van der Waals surface area contributed by atoms with Gasteiger partial charge in [-0.15, -0.1) is 0 Å². The Kier molecular flexibility index (Phi) is 2.65. The van der Waals surface area contributed by atoms with Gasteiger partial charge in [0.15, 0.2) is 0 Å². The molecule has 0 saturated heterocycles. The van der Waals surface area contributed by atoms with E-state index in [1.54, 1.807) is 0 Å². The summed E-state index contributed by atoms with van der Waals surface area (Å²) < 4.78 is 1.94. The van der Waals surface area contributed by atoms with Crippen LogP contribution in [0.25, 0.3) is 0 Å². The summed E-state index contributed by atoms with van der Waals surface area (Å²) in [5.74, 6) is 0.523. The number of carbonyl (C=O) groups is 1.